The average molecular weight is 174 g/mol. The Morgan fingerprint density at radius 2 is 1.83 bits per heavy atom. The maximum atomic E-state index is 5.85. The number of nitrogens with two attached hydrogens (primary N) is 2. The van der Waals surface area contributed by atoms with Crippen LogP contribution >= 0.6 is 0 Å². The van der Waals surface area contributed by atoms with Crippen LogP contribution in [-0.2, 0) is 4.74 Å². The van der Waals surface area contributed by atoms with E-state index in [4.69, 9.17) is 16.2 Å². The molecule has 0 fully saturated rings. The van der Waals surface area contributed by atoms with E-state index in [1.54, 1.807) is 0 Å². The van der Waals surface area contributed by atoms with Crippen LogP contribution in [0.4, 0.5) is 0 Å². The first-order valence-electron chi connectivity index (χ1n) is 4.49. The zero-order valence-corrected chi connectivity index (χ0v) is 8.63. The molecule has 0 aliphatic rings. The van der Waals surface area contributed by atoms with Crippen LogP contribution in [0.5, 0.6) is 0 Å². The van der Waals surface area contributed by atoms with Gasteiger partial charge in [0, 0.05) is 12.1 Å². The smallest absolute Gasteiger partial charge is 0.0718 e. The van der Waals surface area contributed by atoms with Gasteiger partial charge in [-0.15, -0.1) is 0 Å². The summed E-state index contributed by atoms with van der Waals surface area (Å²) in [5.41, 5.74) is 11.2. The quantitative estimate of drug-likeness (QED) is 0.650. The highest BCUT2D eigenvalue weighted by molar-refractivity contribution is 4.77. The minimum absolute atomic E-state index is 0.0880. The predicted octanol–water partition coefficient (Wildman–Crippen LogP) is 0.866. The van der Waals surface area contributed by atoms with Crippen molar-refractivity contribution in [2.24, 2.45) is 11.5 Å². The topological polar surface area (TPSA) is 61.3 Å². The molecular weight excluding hydrogens is 152 g/mol. The summed E-state index contributed by atoms with van der Waals surface area (Å²) in [5, 5.41) is 0. The third-order valence-electron chi connectivity index (χ3n) is 1.48. The Morgan fingerprint density at radius 3 is 2.08 bits per heavy atom. The maximum Gasteiger partial charge on any atom is 0.0718 e. The fraction of sp³-hybridized carbons (Fsp3) is 1.00. The van der Waals surface area contributed by atoms with Gasteiger partial charge in [-0.3, -0.25) is 0 Å². The summed E-state index contributed by atoms with van der Waals surface area (Å²) >= 11 is 0. The zero-order valence-electron chi connectivity index (χ0n) is 8.63. The van der Waals surface area contributed by atoms with E-state index in [9.17, 15) is 0 Å². The summed E-state index contributed by atoms with van der Waals surface area (Å²) in [6.07, 6.45) is 1.12. The largest absolute Gasteiger partial charge is 0.374 e. The lowest BCUT2D eigenvalue weighted by Gasteiger charge is -2.26. The summed E-state index contributed by atoms with van der Waals surface area (Å²) in [7, 11) is 0. The van der Waals surface area contributed by atoms with Crippen molar-refractivity contribution in [3.8, 4) is 0 Å². The molecule has 0 saturated carbocycles. The van der Waals surface area contributed by atoms with Crippen molar-refractivity contribution in [2.75, 3.05) is 6.54 Å². The van der Waals surface area contributed by atoms with Crippen molar-refractivity contribution < 1.29 is 4.74 Å². The molecule has 4 N–H and O–H groups in total. The van der Waals surface area contributed by atoms with Gasteiger partial charge in [0.25, 0.3) is 0 Å². The first-order valence-corrected chi connectivity index (χ1v) is 4.49. The van der Waals surface area contributed by atoms with Gasteiger partial charge in [-0.1, -0.05) is 0 Å². The van der Waals surface area contributed by atoms with Crippen LogP contribution in [0, 0.1) is 0 Å². The summed E-state index contributed by atoms with van der Waals surface area (Å²) in [6, 6.07) is 0. The second kappa shape index (κ2) is 4.80. The fourth-order valence-electron chi connectivity index (χ4n) is 1.16. The molecule has 0 aromatic rings. The van der Waals surface area contributed by atoms with Crippen LogP contribution in [0.1, 0.15) is 34.1 Å². The fourth-order valence-corrected chi connectivity index (χ4v) is 1.16. The van der Waals surface area contributed by atoms with Crippen LogP contribution in [0.25, 0.3) is 0 Å². The summed E-state index contributed by atoms with van der Waals surface area (Å²) < 4.78 is 5.57. The highest BCUT2D eigenvalue weighted by Gasteiger charge is 2.19. The lowest BCUT2D eigenvalue weighted by molar-refractivity contribution is -0.000510. The van der Waals surface area contributed by atoms with Crippen molar-refractivity contribution in [3.05, 3.63) is 0 Å². The lowest BCUT2D eigenvalue weighted by Crippen LogP contribution is -2.40. The van der Waals surface area contributed by atoms with Gasteiger partial charge in [-0.25, -0.2) is 0 Å². The molecule has 0 saturated heterocycles. The number of rotatable bonds is 5. The van der Waals surface area contributed by atoms with Crippen molar-refractivity contribution >= 4 is 0 Å². The van der Waals surface area contributed by atoms with Crippen LogP contribution < -0.4 is 11.5 Å². The molecule has 3 nitrogen and oxygen atoms in total. The Labute approximate surface area is 75.5 Å². The number of ether oxygens (including phenoxy) is 1. The molecule has 0 spiro atoms. The van der Waals surface area contributed by atoms with Crippen LogP contribution in [0.2, 0.25) is 0 Å². The van der Waals surface area contributed by atoms with Gasteiger partial charge in [0.2, 0.25) is 0 Å². The van der Waals surface area contributed by atoms with E-state index in [2.05, 4.69) is 0 Å². The molecule has 0 aromatic heterocycles. The third kappa shape index (κ3) is 6.58. The molecule has 3 heteroatoms. The van der Waals surface area contributed by atoms with Gasteiger partial charge in [0.15, 0.2) is 0 Å². The van der Waals surface area contributed by atoms with Crippen molar-refractivity contribution in [1.82, 2.24) is 0 Å². The van der Waals surface area contributed by atoms with Gasteiger partial charge in [-0.05, 0) is 34.1 Å². The van der Waals surface area contributed by atoms with E-state index < -0.39 is 0 Å². The molecule has 0 amide bonds. The standard InChI is InChI=1S/C9H22N2O/c1-7(2)12-8(6-10)5-9(3,4)11/h7-8H,5-6,10-11H2,1-4H3. The average Bonchev–Trinajstić information content (AvgIpc) is 1.82. The first-order chi connectivity index (χ1) is 5.35. The van der Waals surface area contributed by atoms with Crippen molar-refractivity contribution in [1.29, 1.82) is 0 Å². The molecular formula is C9H22N2O. The molecule has 12 heavy (non-hydrogen) atoms. The minimum Gasteiger partial charge on any atom is -0.374 e. The molecule has 0 aromatic carbocycles. The van der Waals surface area contributed by atoms with E-state index in [0.29, 0.717) is 6.54 Å². The maximum absolute atomic E-state index is 5.85. The summed E-state index contributed by atoms with van der Waals surface area (Å²) in [6.45, 7) is 8.52. The summed E-state index contributed by atoms with van der Waals surface area (Å²) in [5.74, 6) is 0. The normalized spacial score (nSPS) is 15.2. The Kier molecular flexibility index (Phi) is 4.75. The van der Waals surface area contributed by atoms with Crippen LogP contribution in [-0.4, -0.2) is 24.3 Å². The number of hydrogen-bond acceptors (Lipinski definition) is 3. The van der Waals surface area contributed by atoms with E-state index >= 15 is 0 Å². The molecule has 0 heterocycles. The minimum atomic E-state index is -0.196. The Balaban J connectivity index is 3.83. The second-order valence-electron chi connectivity index (χ2n) is 4.24. The van der Waals surface area contributed by atoms with E-state index in [1.165, 1.54) is 0 Å². The Bertz CT molecular complexity index is 118. The Morgan fingerprint density at radius 1 is 1.33 bits per heavy atom. The molecule has 0 radical (unpaired) electrons. The Hall–Kier alpha value is -0.120. The highest BCUT2D eigenvalue weighted by Crippen LogP contribution is 2.11. The molecule has 1 atom stereocenters. The van der Waals surface area contributed by atoms with Gasteiger partial charge in [0.05, 0.1) is 12.2 Å². The first kappa shape index (κ1) is 11.9. The molecule has 0 rings (SSSR count). The van der Waals surface area contributed by atoms with Gasteiger partial charge < -0.3 is 16.2 Å². The SMILES string of the molecule is CC(C)OC(CN)CC(C)(C)N. The molecule has 0 aliphatic heterocycles. The van der Waals surface area contributed by atoms with Crippen LogP contribution in [0.15, 0.2) is 0 Å². The van der Waals surface area contributed by atoms with E-state index in [0.717, 1.165) is 6.42 Å². The third-order valence-corrected chi connectivity index (χ3v) is 1.48. The zero-order chi connectivity index (χ0) is 9.78. The van der Waals surface area contributed by atoms with Gasteiger partial charge >= 0.3 is 0 Å². The number of hydrogen-bond donors (Lipinski definition) is 2. The van der Waals surface area contributed by atoms with Crippen LogP contribution in [0.3, 0.4) is 0 Å². The lowest BCUT2D eigenvalue weighted by atomic mass is 9.98. The molecule has 0 bridgehead atoms. The molecule has 0 aliphatic carbocycles. The van der Waals surface area contributed by atoms with Gasteiger partial charge in [0.1, 0.15) is 0 Å². The van der Waals surface area contributed by atoms with Crippen molar-refractivity contribution in [2.45, 2.75) is 51.9 Å². The highest BCUT2D eigenvalue weighted by atomic mass is 16.5. The monoisotopic (exact) mass is 174 g/mol. The molecule has 74 valence electrons. The summed E-state index contributed by atoms with van der Waals surface area (Å²) in [4.78, 5) is 0. The van der Waals surface area contributed by atoms with E-state index in [-0.39, 0.29) is 17.7 Å². The van der Waals surface area contributed by atoms with Gasteiger partial charge in [-0.2, -0.15) is 0 Å². The predicted molar refractivity (Wildman–Crippen MR) is 51.9 cm³/mol. The molecule has 1 unspecified atom stereocenters. The van der Waals surface area contributed by atoms with Crippen molar-refractivity contribution in [3.63, 3.8) is 0 Å². The van der Waals surface area contributed by atoms with E-state index in [1.807, 2.05) is 27.7 Å². The second-order valence-corrected chi connectivity index (χ2v) is 4.24.